The molecule has 23 heterocycles. The molecule has 0 aliphatic carbocycles. The second-order valence-corrected chi connectivity index (χ2v) is 51.7. The number of H-pyrrole nitrogens is 3. The van der Waals surface area contributed by atoms with Crippen molar-refractivity contribution in [2.45, 2.75) is 142 Å². The largest absolute Gasteiger partial charge is 0.389 e. The van der Waals surface area contributed by atoms with Gasteiger partial charge in [-0.3, -0.25) is 83.9 Å². The minimum atomic E-state index is -4.46. The summed E-state index contributed by atoms with van der Waals surface area (Å²) in [5, 5.41) is 30.8. The third kappa shape index (κ3) is 17.6. The Labute approximate surface area is 810 Å². The van der Waals surface area contributed by atoms with Crippen LogP contribution >= 0.6 is 63.8 Å². The molecule has 0 aromatic carbocycles. The number of anilines is 6. The van der Waals surface area contributed by atoms with E-state index in [-0.39, 0.29) is 106 Å². The van der Waals surface area contributed by atoms with E-state index in [0.717, 1.165) is 34.4 Å². The van der Waals surface area contributed by atoms with Crippen LogP contribution in [0.1, 0.15) is 35.7 Å². The molecule has 0 spiro atoms. The summed E-state index contributed by atoms with van der Waals surface area (Å²) in [7, 11) is 0. The molecule has 30 atom stereocenters. The molecule has 24 N–H and O–H groups in total. The molecule has 0 amide bonds. The van der Waals surface area contributed by atoms with Crippen molar-refractivity contribution in [2.24, 2.45) is 0 Å². The molecular formula is C64H71FN30O30P6S8. The topological polar surface area (TPSA) is 826 Å². The fraction of sp³-hybridized carbons (Fsp3) is 0.500. The number of nitrogen functional groups attached to an aromatic ring is 6. The van der Waals surface area contributed by atoms with Gasteiger partial charge in [-0.05, 0) is 70.8 Å². The lowest BCUT2D eigenvalue weighted by atomic mass is 9.97. The molecule has 11 fully saturated rings. The van der Waals surface area contributed by atoms with Gasteiger partial charge >= 0.3 is 40.3 Å². The van der Waals surface area contributed by atoms with E-state index in [0.29, 0.717) is 22.3 Å². The number of aromatic amines is 3. The van der Waals surface area contributed by atoms with Crippen LogP contribution in [0.5, 0.6) is 0 Å². The highest BCUT2D eigenvalue weighted by atomic mass is 32.5. The van der Waals surface area contributed by atoms with Crippen molar-refractivity contribution in [1.29, 1.82) is 0 Å². The lowest BCUT2D eigenvalue weighted by molar-refractivity contribution is -0.183. The Morgan fingerprint density at radius 1 is 0.403 bits per heavy atom. The molecule has 75 heteroatoms. The number of terminal acetylenes is 1. The first kappa shape index (κ1) is 97.6. The first-order chi connectivity index (χ1) is 65.9. The highest BCUT2D eigenvalue weighted by molar-refractivity contribution is 8.09. The fourth-order valence-electron chi connectivity index (χ4n) is 17.4. The molecule has 12 aromatic heterocycles. The van der Waals surface area contributed by atoms with Gasteiger partial charge in [0.15, 0.2) is 105 Å². The van der Waals surface area contributed by atoms with Crippen LogP contribution in [-0.2, 0) is 154 Å². The summed E-state index contributed by atoms with van der Waals surface area (Å²) < 4.78 is 131. The lowest BCUT2D eigenvalue weighted by Gasteiger charge is -2.33. The number of nitrogens with zero attached hydrogens (tertiary/aromatic N) is 21. The summed E-state index contributed by atoms with van der Waals surface area (Å²) in [6.07, 6.45) is -4.83. The fourth-order valence-corrected chi connectivity index (χ4v) is 29.4. The van der Waals surface area contributed by atoms with E-state index >= 15 is 4.39 Å². The number of rotatable bonds is 6. The van der Waals surface area contributed by atoms with Gasteiger partial charge in [-0.1, -0.05) is 5.92 Å². The van der Waals surface area contributed by atoms with Crippen molar-refractivity contribution in [3.8, 4) is 12.3 Å². The van der Waals surface area contributed by atoms with Crippen LogP contribution in [0.25, 0.3) is 67.0 Å². The van der Waals surface area contributed by atoms with Gasteiger partial charge in [-0.15, -0.1) is 29.9 Å². The number of nitrogens with two attached hydrogens (primary N) is 6. The van der Waals surface area contributed by atoms with E-state index in [1.165, 1.54) is 64.3 Å². The first-order valence-corrected chi connectivity index (χ1v) is 57.6. The Morgan fingerprint density at radius 2 is 0.748 bits per heavy atom. The minimum Gasteiger partial charge on any atom is -0.389 e. The summed E-state index contributed by atoms with van der Waals surface area (Å²) in [5.74, 6) is 2.12. The van der Waals surface area contributed by atoms with Crippen molar-refractivity contribution < 1.29 is 132 Å². The molecule has 11 aliphatic rings. The number of ether oxygens (including phenoxy) is 6. The highest BCUT2D eigenvalue weighted by Gasteiger charge is 2.68. The molecular weight excluding hydrogens is 2130 g/mol. The molecule has 0 radical (unpaired) electrons. The van der Waals surface area contributed by atoms with Gasteiger partial charge in [0.05, 0.1) is 114 Å². The van der Waals surface area contributed by atoms with Gasteiger partial charge in [0.25, 0.3) is 16.7 Å². The SMILES string of the molecule is C#C[C@@]12COP(O)(=S)O[C@@H]3[C@@H](F)[C@@H](COP(O)(=S)O[C@H]1[C@@H](O)[C@H](n1cnc4c(N)ncnc41)O2)O[C@H]3n1cnc2c(=O)[nH]c(N)nc21.Nc1nc2c(ncn2[C@@H]2S[C@@H]3COP(O)(=S)O[C@H]4[C@H]5OC[C@]4(COP(O)(=S)O[C@@H]2[C@@H]3O)O[C@H]5n2cnc3c(N)ncnc32)c(=O)[nH]1.Nc1nc2c(ncn2[C@@H]2S[C@@H]3COP(O)(=S)O[C@H]4[C@H]5OC[C@]4(COP(O)(=S)O[C@@H]2[C@@H]3O)O[C@H]5n2cnc3c(N)ncnc32)c(=O)[nH]1. The number of aliphatic hydroxyl groups is 3. The predicted octanol–water partition coefficient (Wildman–Crippen LogP) is -3.10. The number of aliphatic hydroxyl groups excluding tert-OH is 3. The molecule has 11 aliphatic heterocycles. The van der Waals surface area contributed by atoms with Gasteiger partial charge in [0, 0.05) is 0 Å². The predicted molar refractivity (Wildman–Crippen MR) is 495 cm³/mol. The number of thioether (sulfide) groups is 2. The van der Waals surface area contributed by atoms with Crippen molar-refractivity contribution in [1.82, 2.24) is 117 Å². The first-order valence-electron chi connectivity index (χ1n) is 40.2. The molecule has 139 heavy (non-hydrogen) atoms. The van der Waals surface area contributed by atoms with Crippen molar-refractivity contribution in [3.63, 3.8) is 0 Å². The summed E-state index contributed by atoms with van der Waals surface area (Å²) in [5.41, 5.74) is 29.8. The van der Waals surface area contributed by atoms with E-state index < -0.39 is 226 Å². The van der Waals surface area contributed by atoms with Crippen LogP contribution in [0.2, 0.25) is 0 Å². The number of aromatic nitrogens is 24. The monoisotopic (exact) mass is 2200 g/mol. The number of alkyl halides is 1. The van der Waals surface area contributed by atoms with Crippen LogP contribution in [0.4, 0.5) is 39.7 Å². The minimum absolute atomic E-state index is 0.00947. The van der Waals surface area contributed by atoms with Crippen LogP contribution in [-0.4, -0.2) is 321 Å². The van der Waals surface area contributed by atoms with E-state index in [9.17, 15) is 59.1 Å². The Bertz CT molecular complexity index is 7240. The molecule has 11 saturated heterocycles. The number of nitrogens with one attached hydrogen (secondary N) is 3. The molecule has 6 unspecified atom stereocenters. The number of imidazole rings is 6. The molecule has 60 nitrogen and oxygen atoms in total. The summed E-state index contributed by atoms with van der Waals surface area (Å²) in [4.78, 5) is 173. The summed E-state index contributed by atoms with van der Waals surface area (Å²) in [6.45, 7) is -28.4. The van der Waals surface area contributed by atoms with Crippen molar-refractivity contribution in [3.05, 3.63) is 88.0 Å². The van der Waals surface area contributed by atoms with Crippen molar-refractivity contribution in [2.75, 3.05) is 87.3 Å². The van der Waals surface area contributed by atoms with Gasteiger partial charge < -0.3 is 135 Å². The maximum Gasteiger partial charge on any atom is 0.325 e. The normalized spacial score (nSPS) is 39.1. The second-order valence-electron chi connectivity index (χ2n) is 32.2. The standard InChI is InChI=1S/C22H23FN10O10P2S2.2C21H24N10O10P2S3/c1-2-22-4-39-45(37,47)42-13-9(23)8(40-20(13)33-7-29-11-17(33)30-21(25)31-18(11)35)3-38-44(36,46)43-14(22)12(34)19(41-22)32-6-28-10-15(24)26-5-27-16(10)32;2*22-14-8-15(25-4-24-14)30(5-26-8)18-12-13-21(39-18,2-36-12)3-38-43(35,45)40-11-10(32)7(1-37-42(34,44)41-13)46-19(11)31-6-27-9-16(31)28-20(23)29-17(9)33/h1,5-9,12-14,19-20,34H,3-4H2,(H,36,46)(H,37,47)(H2,24,26,27)(H3,25,30,31,35);2*4-7,10-13,18-19,32H,1-3H2,(H,34,44)(H,35,45)(H2,22,24,25)(H3,23,28,29,33)/t8-,9+,12-,13-,14+,19-,20-,22-,44?,45?;2*7-,10-,11-,12-,13+,18-,19-,21-,42?,43?/m111/s1. The summed E-state index contributed by atoms with van der Waals surface area (Å²) in [6, 6.07) is 0. The number of fused-ring (bicyclic) bond motifs is 13. The smallest absolute Gasteiger partial charge is 0.325 e. The van der Waals surface area contributed by atoms with E-state index in [2.05, 4.69) is 95.6 Å². The maximum atomic E-state index is 16.0. The Hall–Kier alpha value is -7.49. The molecule has 10 bridgehead atoms. The second kappa shape index (κ2) is 36.0. The highest BCUT2D eigenvalue weighted by Crippen LogP contribution is 2.64. The molecule has 0 saturated carbocycles. The average molecular weight is 2200 g/mol. The molecule has 23 rings (SSSR count). The molecule has 742 valence electrons. The zero-order valence-corrected chi connectivity index (χ0v) is 81.2. The number of hydrogen-bond acceptors (Lipinski definition) is 53. The van der Waals surface area contributed by atoms with Gasteiger partial charge in [-0.2, -0.15) is 15.0 Å². The lowest BCUT2D eigenvalue weighted by Crippen LogP contribution is -2.47. The number of hydrogen-bond donors (Lipinski definition) is 18. The average Bonchev–Trinajstić information content (AvgIpc) is 1.56. The van der Waals surface area contributed by atoms with Crippen LogP contribution in [0.15, 0.2) is 71.3 Å². The van der Waals surface area contributed by atoms with E-state index in [1.807, 2.05) is 0 Å². The van der Waals surface area contributed by atoms with Crippen LogP contribution < -0.4 is 51.1 Å². The zero-order chi connectivity index (χ0) is 97.8. The third-order valence-corrected chi connectivity index (χ3v) is 36.1. The van der Waals surface area contributed by atoms with Crippen molar-refractivity contribution >= 4 is 237 Å². The zero-order valence-electron chi connectivity index (χ0n) is 69.3. The third-order valence-electron chi connectivity index (χ3n) is 23.7. The quantitative estimate of drug-likeness (QED) is 0.0579. The van der Waals surface area contributed by atoms with E-state index in [4.69, 9.17) is 194 Å². The van der Waals surface area contributed by atoms with Gasteiger partial charge in [0.1, 0.15) is 119 Å². The van der Waals surface area contributed by atoms with Crippen LogP contribution in [0, 0.1) is 12.3 Å². The maximum absolute atomic E-state index is 16.0. The van der Waals surface area contributed by atoms with Gasteiger partial charge in [0.2, 0.25) is 17.8 Å². The number of halogens is 1. The Kier molecular flexibility index (Phi) is 25.3. The van der Waals surface area contributed by atoms with Crippen LogP contribution in [0.3, 0.4) is 0 Å². The summed E-state index contributed by atoms with van der Waals surface area (Å²) >= 11 is 34.3. The van der Waals surface area contributed by atoms with E-state index in [1.54, 1.807) is 9.13 Å². The Morgan fingerprint density at radius 3 is 1.16 bits per heavy atom. The van der Waals surface area contributed by atoms with Gasteiger partial charge in [-0.25, -0.2) is 64.2 Å². The molecule has 12 aromatic rings. The Balaban J connectivity index is 0.000000124.